The average molecular weight is 473 g/mol. The Morgan fingerprint density at radius 2 is 1.76 bits per heavy atom. The molecule has 3 rings (SSSR count). The summed E-state index contributed by atoms with van der Waals surface area (Å²) in [7, 11) is 0. The van der Waals surface area contributed by atoms with E-state index in [2.05, 4.69) is 14.8 Å². The number of carbonyl (C=O) groups is 2. The summed E-state index contributed by atoms with van der Waals surface area (Å²) in [5, 5.41) is 11.3. The van der Waals surface area contributed by atoms with E-state index in [9.17, 15) is 31.5 Å². The van der Waals surface area contributed by atoms with Crippen LogP contribution in [0.2, 0.25) is 0 Å². The van der Waals surface area contributed by atoms with Crippen LogP contribution in [0.15, 0.2) is 36.4 Å². The molecule has 1 aliphatic heterocycles. The highest BCUT2D eigenvalue weighted by molar-refractivity contribution is 5.97. The Morgan fingerprint density at radius 3 is 2.39 bits per heavy atom. The number of aryl methyl sites for hydroxylation is 2. The zero-order chi connectivity index (χ0) is 24.6. The average Bonchev–Trinajstić information content (AvgIpc) is 3.01. The third-order valence-electron chi connectivity index (χ3n) is 5.27. The number of amides is 1. The van der Waals surface area contributed by atoms with Crippen LogP contribution in [0.25, 0.3) is 0 Å². The highest BCUT2D eigenvalue weighted by Crippen LogP contribution is 2.45. The maximum Gasteiger partial charge on any atom is 0.586 e. The maximum atomic E-state index is 13.6. The van der Waals surface area contributed by atoms with Crippen LogP contribution in [0.5, 0.6) is 11.5 Å². The molecule has 1 aliphatic rings. The molecule has 0 aliphatic carbocycles. The first-order valence-electron chi connectivity index (χ1n) is 9.85. The number of benzene rings is 2. The Balaban J connectivity index is 1.92. The largest absolute Gasteiger partial charge is 0.586 e. The van der Waals surface area contributed by atoms with E-state index in [1.54, 1.807) is 19.1 Å². The van der Waals surface area contributed by atoms with Crippen molar-refractivity contribution < 1.29 is 46.1 Å². The molecular formula is C22H20F5NO5. The minimum atomic E-state index is -4.76. The lowest BCUT2D eigenvalue weighted by atomic mass is 9.85. The summed E-state index contributed by atoms with van der Waals surface area (Å²) in [6.45, 7) is 2.45. The summed E-state index contributed by atoms with van der Waals surface area (Å²) in [5.41, 5.74) is 1.15. The third kappa shape index (κ3) is 5.71. The molecule has 178 valence electrons. The molecule has 0 radical (unpaired) electrons. The van der Waals surface area contributed by atoms with Gasteiger partial charge in [0.15, 0.2) is 11.5 Å². The topological polar surface area (TPSA) is 84.9 Å². The third-order valence-corrected chi connectivity index (χ3v) is 5.27. The number of hydrogen-bond donors (Lipinski definition) is 2. The van der Waals surface area contributed by atoms with Crippen LogP contribution in [0.4, 0.5) is 27.6 Å². The van der Waals surface area contributed by atoms with Crippen LogP contribution < -0.4 is 14.8 Å². The van der Waals surface area contributed by atoms with Gasteiger partial charge in [0.2, 0.25) is 5.91 Å². The number of hydrogen-bond acceptors (Lipinski definition) is 4. The van der Waals surface area contributed by atoms with Crippen LogP contribution in [0.3, 0.4) is 0 Å². The molecular weight excluding hydrogens is 453 g/mol. The Kier molecular flexibility index (Phi) is 6.53. The Hall–Kier alpha value is -3.37. The van der Waals surface area contributed by atoms with Gasteiger partial charge in [-0.05, 0) is 48.2 Å². The van der Waals surface area contributed by atoms with Gasteiger partial charge in [-0.1, -0.05) is 25.1 Å². The molecule has 2 aromatic carbocycles. The predicted molar refractivity (Wildman–Crippen MR) is 106 cm³/mol. The lowest BCUT2D eigenvalue weighted by molar-refractivity contribution is -0.286. The molecule has 1 heterocycles. The molecule has 0 fully saturated rings. The molecule has 2 N–H and O–H groups in total. The van der Waals surface area contributed by atoms with Crippen molar-refractivity contribution >= 4 is 17.6 Å². The van der Waals surface area contributed by atoms with E-state index >= 15 is 0 Å². The van der Waals surface area contributed by atoms with Gasteiger partial charge in [0, 0.05) is 12.1 Å². The summed E-state index contributed by atoms with van der Waals surface area (Å²) < 4.78 is 76.0. The number of aliphatic carboxylic acids is 1. The number of rotatable bonds is 7. The fourth-order valence-electron chi connectivity index (χ4n) is 3.44. The van der Waals surface area contributed by atoms with Gasteiger partial charge in [-0.2, -0.15) is 13.2 Å². The van der Waals surface area contributed by atoms with Gasteiger partial charge >= 0.3 is 18.4 Å². The first-order valence-corrected chi connectivity index (χ1v) is 9.85. The fourth-order valence-corrected chi connectivity index (χ4v) is 3.44. The molecule has 2 atom stereocenters. The number of fused-ring (bicyclic) bond motifs is 1. The first kappa shape index (κ1) is 24.3. The van der Waals surface area contributed by atoms with Crippen LogP contribution in [0, 0.1) is 12.8 Å². The second-order valence-electron chi connectivity index (χ2n) is 7.71. The van der Waals surface area contributed by atoms with Crippen LogP contribution in [-0.4, -0.2) is 29.5 Å². The molecule has 0 saturated carbocycles. The van der Waals surface area contributed by atoms with Gasteiger partial charge in [0.05, 0.1) is 11.8 Å². The number of halogens is 5. The molecule has 1 unspecified atom stereocenters. The lowest BCUT2D eigenvalue weighted by Gasteiger charge is -2.26. The summed E-state index contributed by atoms with van der Waals surface area (Å²) in [5.74, 6) is -6.80. The van der Waals surface area contributed by atoms with Crippen molar-refractivity contribution in [3.05, 3.63) is 53.1 Å². The SMILES string of the molecule is Cc1ccc(CCC(=O)O)cc1NC(=O)C(c1ccc2c(c1)OC(F)(F)O2)[C@@H](C)C(F)(F)F. The number of alkyl halides is 5. The molecule has 2 aromatic rings. The molecule has 0 spiro atoms. The zero-order valence-corrected chi connectivity index (χ0v) is 17.5. The molecule has 1 amide bonds. The molecule has 0 bridgehead atoms. The fraction of sp³-hybridized carbons (Fsp3) is 0.364. The van der Waals surface area contributed by atoms with E-state index in [-0.39, 0.29) is 29.8 Å². The van der Waals surface area contributed by atoms with Gasteiger partial charge in [0.25, 0.3) is 0 Å². The van der Waals surface area contributed by atoms with Crippen LogP contribution in [-0.2, 0) is 16.0 Å². The predicted octanol–water partition coefficient (Wildman–Crippen LogP) is 5.25. The van der Waals surface area contributed by atoms with Crippen molar-refractivity contribution in [2.45, 2.75) is 45.1 Å². The Morgan fingerprint density at radius 1 is 1.09 bits per heavy atom. The number of anilines is 1. The normalized spacial score (nSPS) is 16.2. The minimum absolute atomic E-state index is 0.161. The minimum Gasteiger partial charge on any atom is -0.481 e. The highest BCUT2D eigenvalue weighted by Gasteiger charge is 2.47. The maximum absolute atomic E-state index is 13.6. The summed E-state index contributed by atoms with van der Waals surface area (Å²) >= 11 is 0. The summed E-state index contributed by atoms with van der Waals surface area (Å²) in [4.78, 5) is 23.8. The Labute approximate surface area is 185 Å². The van der Waals surface area contributed by atoms with Crippen LogP contribution >= 0.6 is 0 Å². The second kappa shape index (κ2) is 8.87. The number of carboxylic acid groups (broad SMARTS) is 1. The zero-order valence-electron chi connectivity index (χ0n) is 17.5. The van der Waals surface area contributed by atoms with E-state index in [1.807, 2.05) is 0 Å². The number of ether oxygens (including phenoxy) is 2. The quantitative estimate of drug-likeness (QED) is 0.537. The van der Waals surface area contributed by atoms with E-state index in [4.69, 9.17) is 5.11 Å². The van der Waals surface area contributed by atoms with Gasteiger partial charge in [-0.15, -0.1) is 8.78 Å². The van der Waals surface area contributed by atoms with Crippen molar-refractivity contribution in [3.63, 3.8) is 0 Å². The first-order chi connectivity index (χ1) is 15.3. The van der Waals surface area contributed by atoms with Crippen molar-refractivity contribution in [1.29, 1.82) is 0 Å². The van der Waals surface area contributed by atoms with Crippen molar-refractivity contribution in [2.24, 2.45) is 5.92 Å². The van der Waals surface area contributed by atoms with Crippen molar-refractivity contribution in [2.75, 3.05) is 5.32 Å². The van der Waals surface area contributed by atoms with Crippen LogP contribution in [0.1, 0.15) is 36.0 Å². The van der Waals surface area contributed by atoms with E-state index < -0.39 is 41.9 Å². The van der Waals surface area contributed by atoms with Crippen molar-refractivity contribution in [1.82, 2.24) is 0 Å². The molecule has 6 nitrogen and oxygen atoms in total. The second-order valence-corrected chi connectivity index (χ2v) is 7.71. The molecule has 33 heavy (non-hydrogen) atoms. The van der Waals surface area contributed by atoms with E-state index in [0.717, 1.165) is 25.1 Å². The monoisotopic (exact) mass is 473 g/mol. The van der Waals surface area contributed by atoms with Gasteiger partial charge < -0.3 is 19.9 Å². The van der Waals surface area contributed by atoms with Gasteiger partial charge in [0.1, 0.15) is 0 Å². The Bertz CT molecular complexity index is 1070. The van der Waals surface area contributed by atoms with Crippen molar-refractivity contribution in [3.8, 4) is 11.5 Å². The van der Waals surface area contributed by atoms with Gasteiger partial charge in [-0.3, -0.25) is 9.59 Å². The van der Waals surface area contributed by atoms with E-state index in [0.29, 0.717) is 11.1 Å². The van der Waals surface area contributed by atoms with E-state index in [1.165, 1.54) is 6.07 Å². The highest BCUT2D eigenvalue weighted by atomic mass is 19.4. The number of carboxylic acids is 1. The van der Waals surface area contributed by atoms with Gasteiger partial charge in [-0.25, -0.2) is 0 Å². The summed E-state index contributed by atoms with van der Waals surface area (Å²) in [6, 6.07) is 7.81. The standard InChI is InChI=1S/C22H20F5NO5/c1-11-3-4-13(5-8-18(29)30)9-15(11)28-20(31)19(12(2)21(23,24)25)14-6-7-16-17(10-14)33-22(26,27)32-16/h3-4,6-7,9-10,12,19H,5,8H2,1-2H3,(H,28,31)(H,29,30)/t12-,19?/m1/s1. The lowest BCUT2D eigenvalue weighted by Crippen LogP contribution is -2.34. The number of nitrogens with one attached hydrogen (secondary N) is 1. The smallest absolute Gasteiger partial charge is 0.481 e. The summed E-state index contributed by atoms with van der Waals surface area (Å²) in [6.07, 6.45) is -8.72. The molecule has 0 saturated heterocycles. The number of carbonyl (C=O) groups excluding carboxylic acids is 1. The molecule has 11 heteroatoms. The molecule has 0 aromatic heterocycles.